The Morgan fingerprint density at radius 2 is 1.90 bits per heavy atom. The molecule has 0 atom stereocenters. The van der Waals surface area contributed by atoms with Crippen LogP contribution in [0.5, 0.6) is 0 Å². The quantitative estimate of drug-likeness (QED) is 0.907. The van der Waals surface area contributed by atoms with Crippen LogP contribution in [0.3, 0.4) is 0 Å². The number of aryl methyl sites for hydroxylation is 2. The normalized spacial score (nSPS) is 10.3. The number of hydrogen-bond donors (Lipinski definition) is 2. The van der Waals surface area contributed by atoms with Gasteiger partial charge in [-0.1, -0.05) is 6.92 Å². The summed E-state index contributed by atoms with van der Waals surface area (Å²) in [5.41, 5.74) is 7.43. The summed E-state index contributed by atoms with van der Waals surface area (Å²) in [6.45, 7) is 4.08. The highest BCUT2D eigenvalue weighted by molar-refractivity contribution is 7.14. The molecule has 0 radical (unpaired) electrons. The van der Waals surface area contributed by atoms with Crippen molar-refractivity contribution in [1.82, 2.24) is 0 Å². The molecule has 2 aromatic rings. The van der Waals surface area contributed by atoms with Gasteiger partial charge in [0.05, 0.1) is 4.88 Å². The maximum Gasteiger partial charge on any atom is 0.265 e. The average molecular weight is 288 g/mol. The van der Waals surface area contributed by atoms with Crippen molar-refractivity contribution in [2.45, 2.75) is 20.3 Å². The lowest BCUT2D eigenvalue weighted by Gasteiger charge is -2.04. The van der Waals surface area contributed by atoms with Crippen LogP contribution < -0.4 is 11.1 Å². The Labute approximate surface area is 121 Å². The largest absolute Gasteiger partial charge is 0.366 e. The van der Waals surface area contributed by atoms with Crippen LogP contribution in [0.15, 0.2) is 30.3 Å². The fourth-order valence-corrected chi connectivity index (χ4v) is 2.90. The minimum Gasteiger partial charge on any atom is -0.366 e. The number of benzene rings is 1. The van der Waals surface area contributed by atoms with Crippen molar-refractivity contribution in [3.63, 3.8) is 0 Å². The van der Waals surface area contributed by atoms with E-state index in [9.17, 15) is 9.59 Å². The summed E-state index contributed by atoms with van der Waals surface area (Å²) in [5, 5.41) is 2.81. The van der Waals surface area contributed by atoms with E-state index < -0.39 is 5.91 Å². The Morgan fingerprint density at radius 3 is 2.40 bits per heavy atom. The Bertz CT molecular complexity index is 644. The number of carbonyl (C=O) groups excluding carboxylic acids is 2. The molecule has 1 aromatic carbocycles. The highest BCUT2D eigenvalue weighted by atomic mass is 32.1. The molecule has 0 fully saturated rings. The minimum absolute atomic E-state index is 0.135. The number of anilines is 1. The van der Waals surface area contributed by atoms with E-state index in [1.54, 1.807) is 24.3 Å². The average Bonchev–Trinajstić information content (AvgIpc) is 2.80. The number of hydrogen-bond acceptors (Lipinski definition) is 3. The summed E-state index contributed by atoms with van der Waals surface area (Å²) in [4.78, 5) is 24.9. The van der Waals surface area contributed by atoms with E-state index in [1.807, 2.05) is 13.0 Å². The molecule has 0 spiro atoms. The maximum absolute atomic E-state index is 12.1. The van der Waals surface area contributed by atoms with Crippen LogP contribution in [-0.4, -0.2) is 11.8 Å². The maximum atomic E-state index is 12.1. The molecule has 1 aromatic heterocycles. The van der Waals surface area contributed by atoms with Gasteiger partial charge >= 0.3 is 0 Å². The van der Waals surface area contributed by atoms with Crippen LogP contribution >= 0.6 is 11.3 Å². The summed E-state index contributed by atoms with van der Waals surface area (Å²) in [6.07, 6.45) is 0.920. The molecule has 0 saturated heterocycles. The number of primary amides is 1. The lowest BCUT2D eigenvalue weighted by molar-refractivity contribution is 0.0998. The number of nitrogens with two attached hydrogens (primary N) is 1. The van der Waals surface area contributed by atoms with Crippen molar-refractivity contribution in [1.29, 1.82) is 0 Å². The van der Waals surface area contributed by atoms with Crippen LogP contribution in [0, 0.1) is 6.92 Å². The number of amides is 2. The highest BCUT2D eigenvalue weighted by Crippen LogP contribution is 2.23. The molecule has 3 N–H and O–H groups in total. The number of rotatable bonds is 4. The van der Waals surface area contributed by atoms with Crippen LogP contribution in [0.25, 0.3) is 0 Å². The van der Waals surface area contributed by atoms with E-state index in [0.29, 0.717) is 16.1 Å². The fourth-order valence-electron chi connectivity index (χ4n) is 1.89. The summed E-state index contributed by atoms with van der Waals surface area (Å²) in [6, 6.07) is 8.44. The minimum atomic E-state index is -0.482. The van der Waals surface area contributed by atoms with E-state index >= 15 is 0 Å². The number of nitrogens with one attached hydrogen (secondary N) is 1. The zero-order chi connectivity index (χ0) is 14.7. The predicted octanol–water partition coefficient (Wildman–Crippen LogP) is 2.97. The van der Waals surface area contributed by atoms with Crippen LogP contribution in [0.1, 0.15) is 37.4 Å². The van der Waals surface area contributed by atoms with Gasteiger partial charge in [-0.25, -0.2) is 0 Å². The van der Waals surface area contributed by atoms with Gasteiger partial charge in [0, 0.05) is 16.1 Å². The second-order valence-corrected chi connectivity index (χ2v) is 5.70. The second kappa shape index (κ2) is 5.88. The molecular formula is C15H16N2O2S. The molecule has 0 aliphatic rings. The third kappa shape index (κ3) is 3.05. The molecule has 2 rings (SSSR count). The molecule has 1 heterocycles. The molecular weight excluding hydrogens is 272 g/mol. The van der Waals surface area contributed by atoms with Crippen LogP contribution in [0.2, 0.25) is 0 Å². The summed E-state index contributed by atoms with van der Waals surface area (Å²) in [5.74, 6) is -0.617. The number of thiophene rings is 1. The van der Waals surface area contributed by atoms with Crippen molar-refractivity contribution >= 4 is 28.8 Å². The van der Waals surface area contributed by atoms with Gasteiger partial charge in [0.2, 0.25) is 5.91 Å². The van der Waals surface area contributed by atoms with Crippen molar-refractivity contribution < 1.29 is 9.59 Å². The Kier molecular flexibility index (Phi) is 4.20. The van der Waals surface area contributed by atoms with Gasteiger partial charge in [0.15, 0.2) is 0 Å². The third-order valence-corrected chi connectivity index (χ3v) is 4.14. The SMILES string of the molecule is CCc1cc(C(=O)Nc2ccc(C(N)=O)cc2)sc1C. The van der Waals surface area contributed by atoms with Crippen molar-refractivity contribution in [3.05, 3.63) is 51.2 Å². The predicted molar refractivity (Wildman–Crippen MR) is 81.3 cm³/mol. The standard InChI is InChI=1S/C15H16N2O2S/c1-3-10-8-13(20-9(10)2)15(19)17-12-6-4-11(5-7-12)14(16)18/h4-8H,3H2,1-2H3,(H2,16,18)(H,17,19). The van der Waals surface area contributed by atoms with E-state index in [4.69, 9.17) is 5.73 Å². The van der Waals surface area contributed by atoms with Gasteiger partial charge < -0.3 is 11.1 Å². The van der Waals surface area contributed by atoms with Gasteiger partial charge in [0.1, 0.15) is 0 Å². The molecule has 0 bridgehead atoms. The summed E-state index contributed by atoms with van der Waals surface area (Å²) >= 11 is 1.49. The number of carbonyl (C=O) groups is 2. The first-order valence-corrected chi connectivity index (χ1v) is 7.13. The van der Waals surface area contributed by atoms with Crippen molar-refractivity contribution in [3.8, 4) is 0 Å². The lowest BCUT2D eigenvalue weighted by Crippen LogP contribution is -2.12. The van der Waals surface area contributed by atoms with E-state index in [-0.39, 0.29) is 5.91 Å². The fraction of sp³-hybridized carbons (Fsp3) is 0.200. The van der Waals surface area contributed by atoms with Crippen LogP contribution in [0.4, 0.5) is 5.69 Å². The summed E-state index contributed by atoms with van der Waals surface area (Å²) < 4.78 is 0. The third-order valence-electron chi connectivity index (χ3n) is 3.05. The zero-order valence-corrected chi connectivity index (χ0v) is 12.2. The molecule has 4 nitrogen and oxygen atoms in total. The zero-order valence-electron chi connectivity index (χ0n) is 11.4. The Balaban J connectivity index is 2.12. The molecule has 104 valence electrons. The lowest BCUT2D eigenvalue weighted by atomic mass is 10.2. The molecule has 20 heavy (non-hydrogen) atoms. The Morgan fingerprint density at radius 1 is 1.25 bits per heavy atom. The molecule has 2 amide bonds. The van der Waals surface area contributed by atoms with Gasteiger partial charge in [-0.2, -0.15) is 0 Å². The first-order valence-electron chi connectivity index (χ1n) is 6.31. The van der Waals surface area contributed by atoms with Gasteiger partial charge in [-0.15, -0.1) is 11.3 Å². The molecule has 5 heteroatoms. The van der Waals surface area contributed by atoms with Gasteiger partial charge in [-0.05, 0) is 49.2 Å². The second-order valence-electron chi connectivity index (χ2n) is 4.44. The Hall–Kier alpha value is -2.14. The van der Waals surface area contributed by atoms with E-state index in [0.717, 1.165) is 6.42 Å². The van der Waals surface area contributed by atoms with Crippen molar-refractivity contribution in [2.24, 2.45) is 5.73 Å². The van der Waals surface area contributed by atoms with Crippen molar-refractivity contribution in [2.75, 3.05) is 5.32 Å². The van der Waals surface area contributed by atoms with E-state index in [1.165, 1.54) is 21.8 Å². The van der Waals surface area contributed by atoms with Gasteiger partial charge in [-0.3, -0.25) is 9.59 Å². The first kappa shape index (κ1) is 14.3. The molecule has 0 unspecified atom stereocenters. The van der Waals surface area contributed by atoms with Crippen LogP contribution in [-0.2, 0) is 6.42 Å². The molecule has 0 aliphatic carbocycles. The smallest absolute Gasteiger partial charge is 0.265 e. The topological polar surface area (TPSA) is 72.2 Å². The monoisotopic (exact) mass is 288 g/mol. The molecule has 0 saturated carbocycles. The summed E-state index contributed by atoms with van der Waals surface area (Å²) in [7, 11) is 0. The van der Waals surface area contributed by atoms with Gasteiger partial charge in [0.25, 0.3) is 5.91 Å². The molecule has 0 aliphatic heterocycles. The first-order chi connectivity index (χ1) is 9.51. The van der Waals surface area contributed by atoms with E-state index in [2.05, 4.69) is 12.2 Å². The highest BCUT2D eigenvalue weighted by Gasteiger charge is 2.12.